The Morgan fingerprint density at radius 3 is 2.68 bits per heavy atom. The number of carbonyl (C=O) groups excluding carboxylic acids is 1. The van der Waals surface area contributed by atoms with Crippen LogP contribution in [0.1, 0.15) is 29.8 Å². The van der Waals surface area contributed by atoms with Gasteiger partial charge in [-0.3, -0.25) is 9.69 Å². The first-order valence-electron chi connectivity index (χ1n) is 12.4. The number of aliphatic hydroxyl groups is 1. The highest BCUT2D eigenvalue weighted by atomic mass is 19.1. The van der Waals surface area contributed by atoms with Crippen LogP contribution in [0.4, 0.5) is 4.39 Å². The lowest BCUT2D eigenvalue weighted by Crippen LogP contribution is -2.49. The van der Waals surface area contributed by atoms with Crippen LogP contribution >= 0.6 is 0 Å². The van der Waals surface area contributed by atoms with E-state index in [2.05, 4.69) is 9.88 Å². The summed E-state index contributed by atoms with van der Waals surface area (Å²) in [6, 6.07) is 15.5. The van der Waals surface area contributed by atoms with Gasteiger partial charge >= 0.3 is 0 Å². The van der Waals surface area contributed by atoms with Crippen molar-refractivity contribution >= 4 is 5.91 Å². The quantitative estimate of drug-likeness (QED) is 0.492. The van der Waals surface area contributed by atoms with Gasteiger partial charge in [-0.1, -0.05) is 31.2 Å². The van der Waals surface area contributed by atoms with Gasteiger partial charge in [-0.25, -0.2) is 9.37 Å². The molecule has 1 aromatic heterocycles. The third-order valence-corrected chi connectivity index (χ3v) is 6.78. The second kappa shape index (κ2) is 11.7. The van der Waals surface area contributed by atoms with Gasteiger partial charge < -0.3 is 19.5 Å². The molecule has 4 rings (SSSR count). The summed E-state index contributed by atoms with van der Waals surface area (Å²) in [6.45, 7) is 5.35. The van der Waals surface area contributed by atoms with Gasteiger partial charge in [0.25, 0.3) is 5.91 Å². The van der Waals surface area contributed by atoms with Crippen LogP contribution in [0.3, 0.4) is 0 Å². The van der Waals surface area contributed by atoms with Crippen LogP contribution in [0.15, 0.2) is 60.8 Å². The van der Waals surface area contributed by atoms with Crippen molar-refractivity contribution in [2.45, 2.75) is 32.5 Å². The molecule has 0 bridgehead atoms. The molecular formula is C29H34FN3O4. The summed E-state index contributed by atoms with van der Waals surface area (Å²) in [7, 11) is 3.59. The van der Waals surface area contributed by atoms with Crippen LogP contribution in [-0.2, 0) is 6.54 Å². The molecule has 196 valence electrons. The van der Waals surface area contributed by atoms with E-state index in [9.17, 15) is 14.3 Å². The maximum Gasteiger partial charge on any atom is 0.259 e. The van der Waals surface area contributed by atoms with Crippen LogP contribution in [-0.4, -0.2) is 71.8 Å². The van der Waals surface area contributed by atoms with Crippen LogP contribution in [0, 0.1) is 11.7 Å². The van der Waals surface area contributed by atoms with Crippen molar-refractivity contribution in [2.24, 2.45) is 5.92 Å². The van der Waals surface area contributed by atoms with Gasteiger partial charge in [0, 0.05) is 37.3 Å². The Morgan fingerprint density at radius 1 is 1.22 bits per heavy atom. The number of hydrogen-bond donors (Lipinski definition) is 1. The molecule has 1 amide bonds. The molecule has 1 N–H and O–H groups in total. The molecule has 0 unspecified atom stereocenters. The van der Waals surface area contributed by atoms with Crippen molar-refractivity contribution in [3.8, 4) is 22.8 Å². The molecule has 7 nitrogen and oxygen atoms in total. The Kier molecular flexibility index (Phi) is 8.41. The number of halogens is 1. The van der Waals surface area contributed by atoms with Crippen LogP contribution in [0.25, 0.3) is 11.1 Å². The number of amides is 1. The third kappa shape index (κ3) is 6.26. The van der Waals surface area contributed by atoms with Crippen molar-refractivity contribution in [1.82, 2.24) is 14.8 Å². The van der Waals surface area contributed by atoms with Crippen molar-refractivity contribution < 1.29 is 23.8 Å². The monoisotopic (exact) mass is 507 g/mol. The number of likely N-dealkylation sites (N-methyl/N-ethyl adjacent to an activating group) is 1. The lowest BCUT2D eigenvalue weighted by Gasteiger charge is -2.37. The van der Waals surface area contributed by atoms with E-state index in [4.69, 9.17) is 9.47 Å². The highest BCUT2D eigenvalue weighted by Gasteiger charge is 2.34. The first-order valence-corrected chi connectivity index (χ1v) is 12.4. The minimum Gasteiger partial charge on any atom is -0.497 e. The lowest BCUT2D eigenvalue weighted by molar-refractivity contribution is 0.0325. The molecule has 2 aromatic carbocycles. The number of aliphatic hydroxyl groups excluding tert-OH is 1. The van der Waals surface area contributed by atoms with Gasteiger partial charge in [0.2, 0.25) is 5.88 Å². The summed E-state index contributed by atoms with van der Waals surface area (Å²) in [6.07, 6.45) is 1.44. The van der Waals surface area contributed by atoms with Gasteiger partial charge in [-0.2, -0.15) is 0 Å². The molecule has 2 heterocycles. The van der Waals surface area contributed by atoms with Gasteiger partial charge in [0.15, 0.2) is 0 Å². The summed E-state index contributed by atoms with van der Waals surface area (Å²) >= 11 is 0. The number of aromatic nitrogens is 1. The Morgan fingerprint density at radius 2 is 1.97 bits per heavy atom. The zero-order valence-electron chi connectivity index (χ0n) is 21.7. The molecule has 0 saturated heterocycles. The van der Waals surface area contributed by atoms with E-state index in [1.165, 1.54) is 12.1 Å². The number of fused-ring (bicyclic) bond motifs is 1. The van der Waals surface area contributed by atoms with Crippen molar-refractivity contribution in [2.75, 3.05) is 33.9 Å². The smallest absolute Gasteiger partial charge is 0.259 e. The summed E-state index contributed by atoms with van der Waals surface area (Å²) in [5.74, 6) is 0.474. The minimum atomic E-state index is -0.362. The van der Waals surface area contributed by atoms with E-state index in [0.29, 0.717) is 30.9 Å². The van der Waals surface area contributed by atoms with E-state index in [1.807, 2.05) is 45.2 Å². The molecule has 3 atom stereocenters. The fourth-order valence-corrected chi connectivity index (χ4v) is 4.55. The number of nitrogens with zero attached hydrogens (tertiary/aromatic N) is 3. The maximum atomic E-state index is 13.7. The topological polar surface area (TPSA) is 75.1 Å². The Labute approximate surface area is 217 Å². The number of pyridine rings is 1. The number of rotatable bonds is 8. The second-order valence-corrected chi connectivity index (χ2v) is 9.75. The zero-order valence-corrected chi connectivity index (χ0v) is 21.7. The average molecular weight is 508 g/mol. The SMILES string of the molecule is COc1cccc(-c2cnc3c(c2)C(=O)N([C@@H](C)CO)C[C@@H](C)[C@@H](CN(C)Cc2ccc(F)cc2)O3)c1. The number of hydrogen-bond acceptors (Lipinski definition) is 6. The van der Waals surface area contributed by atoms with E-state index < -0.39 is 0 Å². The predicted octanol–water partition coefficient (Wildman–Crippen LogP) is 4.25. The summed E-state index contributed by atoms with van der Waals surface area (Å²) in [5.41, 5.74) is 2.99. The first-order chi connectivity index (χ1) is 17.8. The first kappa shape index (κ1) is 26.6. The van der Waals surface area contributed by atoms with Gasteiger partial charge in [-0.15, -0.1) is 0 Å². The summed E-state index contributed by atoms with van der Waals surface area (Å²) in [4.78, 5) is 22.1. The lowest BCUT2D eigenvalue weighted by atomic mass is 9.99. The Hall–Kier alpha value is -3.49. The fraction of sp³-hybridized carbons (Fsp3) is 0.379. The second-order valence-electron chi connectivity index (χ2n) is 9.75. The molecule has 0 aliphatic carbocycles. The Bertz CT molecular complexity index is 1220. The zero-order chi connectivity index (χ0) is 26.5. The highest BCUT2D eigenvalue weighted by molar-refractivity contribution is 5.98. The molecule has 0 spiro atoms. The van der Waals surface area contributed by atoms with E-state index >= 15 is 0 Å². The third-order valence-electron chi connectivity index (χ3n) is 6.78. The molecule has 37 heavy (non-hydrogen) atoms. The normalized spacial score (nSPS) is 18.6. The standard InChI is InChI=1S/C29H34FN3O4/c1-19-15-33(20(2)18-34)29(35)26-13-23(22-6-5-7-25(12-22)36-4)14-31-28(26)37-27(19)17-32(3)16-21-8-10-24(30)11-9-21/h5-14,19-20,27,34H,15-18H2,1-4H3/t19-,20+,27-/m1/s1. The number of benzene rings is 2. The number of methoxy groups -OCH3 is 1. The number of ether oxygens (including phenoxy) is 2. The van der Waals surface area contributed by atoms with Gasteiger partial charge in [0.1, 0.15) is 23.2 Å². The highest BCUT2D eigenvalue weighted by Crippen LogP contribution is 2.31. The molecule has 0 fully saturated rings. The minimum absolute atomic E-state index is 0.0263. The van der Waals surface area contributed by atoms with Crippen LogP contribution in [0.2, 0.25) is 0 Å². The van der Waals surface area contributed by atoms with E-state index in [0.717, 1.165) is 16.7 Å². The molecule has 1 aliphatic heterocycles. The van der Waals surface area contributed by atoms with Crippen molar-refractivity contribution in [3.05, 3.63) is 77.7 Å². The van der Waals surface area contributed by atoms with E-state index in [-0.39, 0.29) is 42.3 Å². The predicted molar refractivity (Wildman–Crippen MR) is 140 cm³/mol. The van der Waals surface area contributed by atoms with Crippen molar-refractivity contribution in [3.63, 3.8) is 0 Å². The molecule has 0 saturated carbocycles. The molecule has 0 radical (unpaired) electrons. The van der Waals surface area contributed by atoms with Crippen molar-refractivity contribution in [1.29, 1.82) is 0 Å². The van der Waals surface area contributed by atoms with Crippen LogP contribution < -0.4 is 9.47 Å². The Balaban J connectivity index is 1.65. The summed E-state index contributed by atoms with van der Waals surface area (Å²) < 4.78 is 25.1. The molecule has 1 aliphatic rings. The fourth-order valence-electron chi connectivity index (χ4n) is 4.55. The molecule has 3 aromatic rings. The largest absolute Gasteiger partial charge is 0.497 e. The average Bonchev–Trinajstić information content (AvgIpc) is 2.91. The van der Waals surface area contributed by atoms with Crippen LogP contribution in [0.5, 0.6) is 11.6 Å². The van der Waals surface area contributed by atoms with E-state index in [1.54, 1.807) is 36.4 Å². The maximum absolute atomic E-state index is 13.7. The van der Waals surface area contributed by atoms with Gasteiger partial charge in [0.05, 0.1) is 19.8 Å². The number of carbonyl (C=O) groups is 1. The van der Waals surface area contributed by atoms with Gasteiger partial charge in [-0.05, 0) is 55.4 Å². The molecule has 8 heteroatoms. The summed E-state index contributed by atoms with van der Waals surface area (Å²) in [5, 5.41) is 9.90. The molecular weight excluding hydrogens is 473 g/mol.